The molecule has 3 rings (SSSR count). The zero-order valence-electron chi connectivity index (χ0n) is 15.1. The van der Waals surface area contributed by atoms with E-state index in [1.807, 2.05) is 32.0 Å². The van der Waals surface area contributed by atoms with Crippen LogP contribution in [0, 0.1) is 19.3 Å². The third-order valence-corrected chi connectivity index (χ3v) is 5.29. The molecule has 1 saturated carbocycles. The van der Waals surface area contributed by atoms with Gasteiger partial charge in [-0.2, -0.15) is 0 Å². The van der Waals surface area contributed by atoms with Gasteiger partial charge >= 0.3 is 0 Å². The van der Waals surface area contributed by atoms with Crippen molar-refractivity contribution < 1.29 is 14.3 Å². The molecule has 0 radical (unpaired) electrons. The number of ether oxygens (including phenoxy) is 1. The maximum atomic E-state index is 12.7. The van der Waals surface area contributed by atoms with E-state index in [2.05, 4.69) is 15.5 Å². The van der Waals surface area contributed by atoms with E-state index in [9.17, 15) is 9.59 Å². The van der Waals surface area contributed by atoms with Crippen molar-refractivity contribution in [2.45, 2.75) is 26.7 Å². The van der Waals surface area contributed by atoms with Crippen LogP contribution < -0.4 is 10.6 Å². The summed E-state index contributed by atoms with van der Waals surface area (Å²) in [6, 6.07) is 5.81. The number of nitrogens with one attached hydrogen (secondary N) is 2. The Kier molecular flexibility index (Phi) is 5.39. The summed E-state index contributed by atoms with van der Waals surface area (Å²) >= 11 is 0. The van der Waals surface area contributed by atoms with Gasteiger partial charge in [0, 0.05) is 31.9 Å². The summed E-state index contributed by atoms with van der Waals surface area (Å²) in [5.41, 5.74) is 2.07. The Labute approximate surface area is 148 Å². The molecule has 0 bridgehead atoms. The molecule has 1 saturated heterocycles. The average Bonchev–Trinajstić information content (AvgIpc) is 3.42. The molecule has 0 aromatic heterocycles. The van der Waals surface area contributed by atoms with Gasteiger partial charge in [-0.05, 0) is 43.9 Å². The van der Waals surface area contributed by atoms with Crippen molar-refractivity contribution in [3.8, 4) is 0 Å². The van der Waals surface area contributed by atoms with Crippen molar-refractivity contribution >= 4 is 17.5 Å². The average molecular weight is 345 g/mol. The normalized spacial score (nSPS) is 19.3. The van der Waals surface area contributed by atoms with Crippen LogP contribution in [0.25, 0.3) is 0 Å². The number of aryl methyl sites for hydroxylation is 1. The van der Waals surface area contributed by atoms with Crippen LogP contribution in [0.15, 0.2) is 18.2 Å². The molecule has 2 fully saturated rings. The Hall–Kier alpha value is -1.92. The highest BCUT2D eigenvalue weighted by Crippen LogP contribution is 2.47. The predicted molar refractivity (Wildman–Crippen MR) is 96.5 cm³/mol. The zero-order valence-corrected chi connectivity index (χ0v) is 15.1. The number of hydrogen-bond donors (Lipinski definition) is 2. The molecule has 6 nitrogen and oxygen atoms in total. The minimum Gasteiger partial charge on any atom is -0.379 e. The molecular formula is C19H27N3O3. The van der Waals surface area contributed by atoms with E-state index in [4.69, 9.17) is 4.74 Å². The SMILES string of the molecule is Cc1cccc(NC(=O)C2(C(=O)NCCN3CCOCC3)CC2)c1C. The van der Waals surface area contributed by atoms with Crippen molar-refractivity contribution in [1.29, 1.82) is 0 Å². The lowest BCUT2D eigenvalue weighted by Gasteiger charge is -2.26. The Bertz CT molecular complexity index is 649. The monoisotopic (exact) mass is 345 g/mol. The van der Waals surface area contributed by atoms with Crippen LogP contribution in [0.3, 0.4) is 0 Å². The second-order valence-corrected chi connectivity index (χ2v) is 6.99. The smallest absolute Gasteiger partial charge is 0.240 e. The van der Waals surface area contributed by atoms with E-state index in [1.165, 1.54) is 0 Å². The molecule has 6 heteroatoms. The largest absolute Gasteiger partial charge is 0.379 e. The molecule has 2 amide bonds. The highest BCUT2D eigenvalue weighted by Gasteiger charge is 2.56. The molecule has 0 spiro atoms. The van der Waals surface area contributed by atoms with Gasteiger partial charge in [0.1, 0.15) is 5.41 Å². The number of benzene rings is 1. The molecule has 1 aliphatic heterocycles. The van der Waals surface area contributed by atoms with Gasteiger partial charge in [0.2, 0.25) is 11.8 Å². The number of nitrogens with zero attached hydrogens (tertiary/aromatic N) is 1. The van der Waals surface area contributed by atoms with E-state index in [0.29, 0.717) is 19.4 Å². The third-order valence-electron chi connectivity index (χ3n) is 5.29. The molecule has 1 aromatic carbocycles. The van der Waals surface area contributed by atoms with Gasteiger partial charge in [0.15, 0.2) is 0 Å². The summed E-state index contributed by atoms with van der Waals surface area (Å²) in [5, 5.41) is 5.89. The van der Waals surface area contributed by atoms with E-state index < -0.39 is 5.41 Å². The summed E-state index contributed by atoms with van der Waals surface area (Å²) in [7, 11) is 0. The molecule has 2 aliphatic rings. The number of hydrogen-bond acceptors (Lipinski definition) is 4. The van der Waals surface area contributed by atoms with Crippen LogP contribution in [0.1, 0.15) is 24.0 Å². The van der Waals surface area contributed by atoms with Crippen LogP contribution in [-0.4, -0.2) is 56.1 Å². The highest BCUT2D eigenvalue weighted by molar-refractivity contribution is 6.13. The first kappa shape index (κ1) is 17.9. The fourth-order valence-electron chi connectivity index (χ4n) is 3.13. The number of anilines is 1. The highest BCUT2D eigenvalue weighted by atomic mass is 16.5. The summed E-state index contributed by atoms with van der Waals surface area (Å²) in [4.78, 5) is 27.5. The standard InChI is InChI=1S/C19H27N3O3/c1-14-4-3-5-16(15(14)2)21-18(24)19(6-7-19)17(23)20-8-9-22-10-12-25-13-11-22/h3-5H,6-13H2,1-2H3,(H,20,23)(H,21,24). The summed E-state index contributed by atoms with van der Waals surface area (Å²) in [6.45, 7) is 8.64. The van der Waals surface area contributed by atoms with Gasteiger partial charge in [0.25, 0.3) is 0 Å². The lowest BCUT2D eigenvalue weighted by atomic mass is 10.0. The maximum Gasteiger partial charge on any atom is 0.240 e. The van der Waals surface area contributed by atoms with E-state index >= 15 is 0 Å². The minimum atomic E-state index is -0.888. The second-order valence-electron chi connectivity index (χ2n) is 6.99. The van der Waals surface area contributed by atoms with Crippen LogP contribution in [0.5, 0.6) is 0 Å². The van der Waals surface area contributed by atoms with Crippen molar-refractivity contribution in [2.24, 2.45) is 5.41 Å². The van der Waals surface area contributed by atoms with Gasteiger partial charge in [-0.1, -0.05) is 12.1 Å². The fourth-order valence-corrected chi connectivity index (χ4v) is 3.13. The zero-order chi connectivity index (χ0) is 17.9. The van der Waals surface area contributed by atoms with Gasteiger partial charge in [-0.3, -0.25) is 14.5 Å². The lowest BCUT2D eigenvalue weighted by molar-refractivity contribution is -0.134. The first-order valence-electron chi connectivity index (χ1n) is 8.99. The van der Waals surface area contributed by atoms with Gasteiger partial charge in [0.05, 0.1) is 13.2 Å². The predicted octanol–water partition coefficient (Wildman–Crippen LogP) is 1.47. The summed E-state index contributed by atoms with van der Waals surface area (Å²) < 4.78 is 5.32. The Morgan fingerprint density at radius 3 is 2.56 bits per heavy atom. The quantitative estimate of drug-likeness (QED) is 0.766. The number of carbonyl (C=O) groups excluding carboxylic acids is 2. The van der Waals surface area contributed by atoms with Crippen molar-refractivity contribution in [1.82, 2.24) is 10.2 Å². The third kappa shape index (κ3) is 4.02. The number of carbonyl (C=O) groups is 2. The first-order chi connectivity index (χ1) is 12.0. The molecule has 1 aliphatic carbocycles. The van der Waals surface area contributed by atoms with Gasteiger partial charge in [-0.25, -0.2) is 0 Å². The van der Waals surface area contributed by atoms with Gasteiger partial charge < -0.3 is 15.4 Å². The summed E-state index contributed by atoms with van der Waals surface area (Å²) in [6.07, 6.45) is 1.24. The van der Waals surface area contributed by atoms with Gasteiger partial charge in [-0.15, -0.1) is 0 Å². The van der Waals surface area contributed by atoms with Crippen LogP contribution >= 0.6 is 0 Å². The van der Waals surface area contributed by atoms with Crippen LogP contribution in [0.4, 0.5) is 5.69 Å². The Morgan fingerprint density at radius 2 is 1.88 bits per heavy atom. The van der Waals surface area contributed by atoms with Crippen LogP contribution in [-0.2, 0) is 14.3 Å². The first-order valence-corrected chi connectivity index (χ1v) is 8.99. The second kappa shape index (κ2) is 7.54. The molecular weight excluding hydrogens is 318 g/mol. The molecule has 25 heavy (non-hydrogen) atoms. The van der Waals surface area contributed by atoms with Crippen molar-refractivity contribution in [3.05, 3.63) is 29.3 Å². The van der Waals surface area contributed by atoms with Crippen molar-refractivity contribution in [3.63, 3.8) is 0 Å². The Balaban J connectivity index is 1.52. The van der Waals surface area contributed by atoms with Crippen LogP contribution in [0.2, 0.25) is 0 Å². The molecule has 2 N–H and O–H groups in total. The molecule has 1 heterocycles. The number of morpholine rings is 1. The summed E-state index contributed by atoms with van der Waals surface area (Å²) in [5.74, 6) is -0.339. The Morgan fingerprint density at radius 1 is 1.16 bits per heavy atom. The number of amides is 2. The number of rotatable bonds is 6. The topological polar surface area (TPSA) is 70.7 Å². The molecule has 0 atom stereocenters. The van der Waals surface area contributed by atoms with E-state index in [-0.39, 0.29) is 11.8 Å². The molecule has 136 valence electrons. The van der Waals surface area contributed by atoms with E-state index in [0.717, 1.165) is 49.7 Å². The minimum absolute atomic E-state index is 0.149. The maximum absolute atomic E-state index is 12.7. The molecule has 0 unspecified atom stereocenters. The van der Waals surface area contributed by atoms with E-state index in [1.54, 1.807) is 0 Å². The van der Waals surface area contributed by atoms with Crippen molar-refractivity contribution in [2.75, 3.05) is 44.7 Å². The molecule has 1 aromatic rings. The lowest BCUT2D eigenvalue weighted by Crippen LogP contribution is -2.45. The fraction of sp³-hybridized carbons (Fsp3) is 0.579.